The fourth-order valence-electron chi connectivity index (χ4n) is 2.33. The number of anilines is 2. The Morgan fingerprint density at radius 2 is 1.58 bits per heavy atom. The van der Waals surface area contributed by atoms with Crippen molar-refractivity contribution in [2.24, 2.45) is 0 Å². The molecule has 0 amide bonds. The number of rotatable bonds is 0. The molecule has 1 aromatic rings. The van der Waals surface area contributed by atoms with Crippen LogP contribution >= 0.6 is 0 Å². The molecule has 1 aromatic carbocycles. The summed E-state index contributed by atoms with van der Waals surface area (Å²) >= 11 is 0. The Hall–Kier alpha value is -1.60. The number of hydrogen-bond acceptors (Lipinski definition) is 2. The van der Waals surface area contributed by atoms with Crippen molar-refractivity contribution in [3.05, 3.63) is 23.8 Å². The molecule has 0 saturated carbocycles. The van der Waals surface area contributed by atoms with E-state index in [0.717, 1.165) is 7.05 Å². The SMILES string of the molecule is Cc1cccc2c1N(C)C(C(F)(F)F)(C(F)(F)F)N2. The monoisotopic (exact) mass is 284 g/mol. The van der Waals surface area contributed by atoms with Crippen LogP contribution in [0.4, 0.5) is 37.7 Å². The second kappa shape index (κ2) is 3.71. The predicted octanol–water partition coefficient (Wildman–Crippen LogP) is 3.68. The standard InChI is InChI=1S/C11H10F6N2/c1-6-4-3-5-7-8(6)19(2)9(18-7,10(12,13)14)11(15,16)17/h3-5,18H,1-2H3. The van der Waals surface area contributed by atoms with Crippen LogP contribution in [0, 0.1) is 6.92 Å². The lowest BCUT2D eigenvalue weighted by molar-refractivity contribution is -0.285. The van der Waals surface area contributed by atoms with Gasteiger partial charge >= 0.3 is 18.0 Å². The van der Waals surface area contributed by atoms with E-state index in [1.807, 2.05) is 0 Å². The number of alkyl halides is 6. The summed E-state index contributed by atoms with van der Waals surface area (Å²) in [6.07, 6.45) is -11.0. The van der Waals surface area contributed by atoms with Crippen LogP contribution in [-0.2, 0) is 0 Å². The fourth-order valence-corrected chi connectivity index (χ4v) is 2.33. The van der Waals surface area contributed by atoms with Crippen molar-refractivity contribution >= 4 is 11.4 Å². The lowest BCUT2D eigenvalue weighted by Crippen LogP contribution is -2.69. The van der Waals surface area contributed by atoms with Gasteiger partial charge in [0, 0.05) is 7.05 Å². The summed E-state index contributed by atoms with van der Waals surface area (Å²) in [5.41, 5.74) is -4.04. The molecular formula is C11H10F6N2. The molecule has 19 heavy (non-hydrogen) atoms. The quantitative estimate of drug-likeness (QED) is 0.731. The van der Waals surface area contributed by atoms with E-state index < -0.39 is 18.0 Å². The lowest BCUT2D eigenvalue weighted by Gasteiger charge is -2.40. The summed E-state index contributed by atoms with van der Waals surface area (Å²) in [6.45, 7) is 1.46. The molecular weight excluding hydrogens is 274 g/mol. The molecule has 1 aliphatic heterocycles. The maximum Gasteiger partial charge on any atom is 0.439 e. The van der Waals surface area contributed by atoms with Gasteiger partial charge in [-0.1, -0.05) is 12.1 Å². The van der Waals surface area contributed by atoms with Crippen LogP contribution in [0.2, 0.25) is 0 Å². The molecule has 0 atom stereocenters. The van der Waals surface area contributed by atoms with Crippen LogP contribution in [0.3, 0.4) is 0 Å². The third kappa shape index (κ3) is 1.65. The average molecular weight is 284 g/mol. The molecule has 0 unspecified atom stereocenters. The first-order valence-electron chi connectivity index (χ1n) is 5.27. The Balaban J connectivity index is 2.68. The highest BCUT2D eigenvalue weighted by Gasteiger charge is 2.76. The van der Waals surface area contributed by atoms with Crippen LogP contribution in [0.5, 0.6) is 0 Å². The summed E-state index contributed by atoms with van der Waals surface area (Å²) in [6, 6.07) is 4.05. The third-order valence-electron chi connectivity index (χ3n) is 3.21. The maximum atomic E-state index is 13.0. The number of fused-ring (bicyclic) bond motifs is 1. The molecule has 2 nitrogen and oxygen atoms in total. The number of hydrogen-bond donors (Lipinski definition) is 1. The van der Waals surface area contributed by atoms with Gasteiger partial charge in [0.1, 0.15) is 0 Å². The van der Waals surface area contributed by atoms with Crippen LogP contribution in [0.25, 0.3) is 0 Å². The molecule has 0 radical (unpaired) electrons. The molecule has 0 spiro atoms. The van der Waals surface area contributed by atoms with Gasteiger partial charge < -0.3 is 10.2 Å². The van der Waals surface area contributed by atoms with E-state index in [4.69, 9.17) is 0 Å². The Bertz CT molecular complexity index is 491. The molecule has 1 N–H and O–H groups in total. The Labute approximate surface area is 105 Å². The van der Waals surface area contributed by atoms with Crippen molar-refractivity contribution in [3.8, 4) is 0 Å². The predicted molar refractivity (Wildman–Crippen MR) is 58.0 cm³/mol. The van der Waals surface area contributed by atoms with Gasteiger partial charge in [-0.25, -0.2) is 0 Å². The molecule has 0 saturated heterocycles. The van der Waals surface area contributed by atoms with Crippen molar-refractivity contribution in [2.75, 3.05) is 17.3 Å². The molecule has 0 aliphatic carbocycles. The molecule has 106 valence electrons. The first kappa shape index (κ1) is 13.8. The topological polar surface area (TPSA) is 15.3 Å². The summed E-state index contributed by atoms with van der Waals surface area (Å²) in [5.74, 6) is 0. The Kier molecular flexibility index (Phi) is 2.70. The van der Waals surface area contributed by atoms with Crippen molar-refractivity contribution in [3.63, 3.8) is 0 Å². The molecule has 1 heterocycles. The summed E-state index contributed by atoms with van der Waals surface area (Å²) in [5, 5.41) is 1.59. The maximum absolute atomic E-state index is 13.0. The zero-order chi connectivity index (χ0) is 14.6. The van der Waals surface area contributed by atoms with Crippen molar-refractivity contribution in [2.45, 2.75) is 24.9 Å². The smallest absolute Gasteiger partial charge is 0.346 e. The zero-order valence-corrected chi connectivity index (χ0v) is 9.95. The molecule has 0 fully saturated rings. The second-order valence-corrected chi connectivity index (χ2v) is 4.36. The number of nitrogens with zero attached hydrogens (tertiary/aromatic N) is 1. The van der Waals surface area contributed by atoms with Gasteiger partial charge in [-0.05, 0) is 18.6 Å². The number of nitrogens with one attached hydrogen (secondary N) is 1. The van der Waals surface area contributed by atoms with E-state index in [1.165, 1.54) is 25.1 Å². The van der Waals surface area contributed by atoms with Crippen LogP contribution in [0.15, 0.2) is 18.2 Å². The lowest BCUT2D eigenvalue weighted by atomic mass is 10.1. The van der Waals surface area contributed by atoms with Gasteiger partial charge in [-0.2, -0.15) is 26.3 Å². The largest absolute Gasteiger partial charge is 0.439 e. The van der Waals surface area contributed by atoms with Gasteiger partial charge in [0.25, 0.3) is 0 Å². The van der Waals surface area contributed by atoms with E-state index in [0.29, 0.717) is 5.56 Å². The minimum absolute atomic E-state index is 0.0999. The number of halogens is 6. The van der Waals surface area contributed by atoms with Gasteiger partial charge in [-0.15, -0.1) is 0 Å². The number of benzene rings is 1. The molecule has 0 bridgehead atoms. The zero-order valence-electron chi connectivity index (χ0n) is 9.95. The Morgan fingerprint density at radius 1 is 1.05 bits per heavy atom. The minimum atomic E-state index is -5.51. The molecule has 1 aliphatic rings. The molecule has 0 aromatic heterocycles. The normalized spacial score (nSPS) is 18.2. The Morgan fingerprint density at radius 3 is 2.00 bits per heavy atom. The van der Waals surface area contributed by atoms with E-state index in [2.05, 4.69) is 0 Å². The first-order chi connectivity index (χ1) is 8.52. The number of aryl methyl sites for hydroxylation is 1. The average Bonchev–Trinajstić information content (AvgIpc) is 2.52. The van der Waals surface area contributed by atoms with E-state index in [1.54, 1.807) is 5.32 Å². The van der Waals surface area contributed by atoms with Crippen LogP contribution < -0.4 is 10.2 Å². The van der Waals surface area contributed by atoms with E-state index in [-0.39, 0.29) is 16.3 Å². The fraction of sp³-hybridized carbons (Fsp3) is 0.455. The summed E-state index contributed by atoms with van der Waals surface area (Å²) < 4.78 is 78.2. The molecule has 2 rings (SSSR count). The van der Waals surface area contributed by atoms with Crippen LogP contribution in [0.1, 0.15) is 5.56 Å². The van der Waals surface area contributed by atoms with Crippen molar-refractivity contribution < 1.29 is 26.3 Å². The first-order valence-corrected chi connectivity index (χ1v) is 5.27. The van der Waals surface area contributed by atoms with Gasteiger partial charge in [0.05, 0.1) is 11.4 Å². The second-order valence-electron chi connectivity index (χ2n) is 4.36. The van der Waals surface area contributed by atoms with Crippen molar-refractivity contribution in [1.82, 2.24) is 0 Å². The van der Waals surface area contributed by atoms with Crippen LogP contribution in [-0.4, -0.2) is 25.1 Å². The summed E-state index contributed by atoms with van der Waals surface area (Å²) in [7, 11) is 0.785. The van der Waals surface area contributed by atoms with Crippen molar-refractivity contribution in [1.29, 1.82) is 0 Å². The van der Waals surface area contributed by atoms with Gasteiger partial charge in [0.2, 0.25) is 0 Å². The highest BCUT2D eigenvalue weighted by molar-refractivity contribution is 5.81. The van der Waals surface area contributed by atoms with E-state index >= 15 is 0 Å². The minimum Gasteiger partial charge on any atom is -0.346 e. The molecule has 8 heteroatoms. The van der Waals surface area contributed by atoms with Gasteiger partial charge in [-0.3, -0.25) is 0 Å². The third-order valence-corrected chi connectivity index (χ3v) is 3.21. The highest BCUT2D eigenvalue weighted by atomic mass is 19.4. The van der Waals surface area contributed by atoms with E-state index in [9.17, 15) is 26.3 Å². The highest BCUT2D eigenvalue weighted by Crippen LogP contribution is 2.54. The van der Waals surface area contributed by atoms with Gasteiger partial charge in [0.15, 0.2) is 0 Å². The number of para-hydroxylation sites is 1. The summed E-state index contributed by atoms with van der Waals surface area (Å²) in [4.78, 5) is 0.206.